The molecule has 0 amide bonds. The largest absolute Gasteiger partial charge is 0.486 e. The summed E-state index contributed by atoms with van der Waals surface area (Å²) >= 11 is 0. The SMILES string of the molecule is CCCOC1C(=O)CC1Oc1ccc(C)cc1C. The first-order chi connectivity index (χ1) is 8.61. The van der Waals surface area contributed by atoms with Crippen LogP contribution in [0.5, 0.6) is 5.75 Å². The van der Waals surface area contributed by atoms with Crippen LogP contribution >= 0.6 is 0 Å². The first-order valence-electron chi connectivity index (χ1n) is 6.50. The van der Waals surface area contributed by atoms with E-state index in [0.29, 0.717) is 13.0 Å². The van der Waals surface area contributed by atoms with Crippen LogP contribution < -0.4 is 4.74 Å². The quantitative estimate of drug-likeness (QED) is 0.803. The average Bonchev–Trinajstić information content (AvgIpc) is 2.32. The van der Waals surface area contributed by atoms with Crippen molar-refractivity contribution in [1.82, 2.24) is 0 Å². The molecule has 0 bridgehead atoms. The fraction of sp³-hybridized carbons (Fsp3) is 0.533. The summed E-state index contributed by atoms with van der Waals surface area (Å²) in [7, 11) is 0. The molecule has 0 aromatic heterocycles. The van der Waals surface area contributed by atoms with Gasteiger partial charge in [0.1, 0.15) is 11.9 Å². The molecule has 1 aromatic rings. The third-order valence-electron chi connectivity index (χ3n) is 3.17. The Balaban J connectivity index is 1.99. The van der Waals surface area contributed by atoms with Crippen molar-refractivity contribution in [3.8, 4) is 5.75 Å². The Morgan fingerprint density at radius 2 is 2.11 bits per heavy atom. The van der Waals surface area contributed by atoms with Gasteiger partial charge >= 0.3 is 0 Å². The van der Waals surface area contributed by atoms with Gasteiger partial charge in [-0.3, -0.25) is 4.79 Å². The maximum absolute atomic E-state index is 11.5. The number of benzene rings is 1. The molecular weight excluding hydrogens is 228 g/mol. The van der Waals surface area contributed by atoms with Gasteiger partial charge in [-0.15, -0.1) is 0 Å². The molecule has 1 fully saturated rings. The molecule has 18 heavy (non-hydrogen) atoms. The summed E-state index contributed by atoms with van der Waals surface area (Å²) in [6.07, 6.45) is 0.887. The van der Waals surface area contributed by atoms with Gasteiger partial charge in [0.15, 0.2) is 11.9 Å². The van der Waals surface area contributed by atoms with E-state index in [1.807, 2.05) is 26.0 Å². The molecule has 2 rings (SSSR count). The van der Waals surface area contributed by atoms with Gasteiger partial charge in [0.05, 0.1) is 0 Å². The summed E-state index contributed by atoms with van der Waals surface area (Å²) in [6, 6.07) is 6.06. The number of hydrogen-bond donors (Lipinski definition) is 0. The van der Waals surface area contributed by atoms with Crippen molar-refractivity contribution in [3.63, 3.8) is 0 Å². The number of ketones is 1. The molecule has 3 heteroatoms. The lowest BCUT2D eigenvalue weighted by atomic mass is 9.89. The zero-order chi connectivity index (χ0) is 13.1. The van der Waals surface area contributed by atoms with Crippen LogP contribution in [-0.2, 0) is 9.53 Å². The molecule has 1 aliphatic carbocycles. The minimum atomic E-state index is -0.370. The highest BCUT2D eigenvalue weighted by atomic mass is 16.5. The maximum atomic E-state index is 11.5. The van der Waals surface area contributed by atoms with Crippen molar-refractivity contribution in [2.24, 2.45) is 0 Å². The Bertz CT molecular complexity index is 439. The lowest BCUT2D eigenvalue weighted by molar-refractivity contribution is -0.154. The van der Waals surface area contributed by atoms with E-state index in [1.165, 1.54) is 5.56 Å². The first-order valence-corrected chi connectivity index (χ1v) is 6.50. The van der Waals surface area contributed by atoms with E-state index in [0.717, 1.165) is 17.7 Å². The van der Waals surface area contributed by atoms with Crippen LogP contribution in [0.15, 0.2) is 18.2 Å². The smallest absolute Gasteiger partial charge is 0.169 e. The van der Waals surface area contributed by atoms with Gasteiger partial charge in [-0.05, 0) is 31.9 Å². The Morgan fingerprint density at radius 1 is 1.33 bits per heavy atom. The van der Waals surface area contributed by atoms with E-state index in [-0.39, 0.29) is 18.0 Å². The molecule has 0 spiro atoms. The number of hydrogen-bond acceptors (Lipinski definition) is 3. The summed E-state index contributed by atoms with van der Waals surface area (Å²) in [4.78, 5) is 11.5. The second kappa shape index (κ2) is 5.53. The highest BCUT2D eigenvalue weighted by molar-refractivity contribution is 5.90. The third-order valence-corrected chi connectivity index (χ3v) is 3.17. The molecule has 1 aromatic carbocycles. The van der Waals surface area contributed by atoms with Crippen molar-refractivity contribution >= 4 is 5.78 Å². The Labute approximate surface area is 108 Å². The van der Waals surface area contributed by atoms with Crippen LogP contribution in [0, 0.1) is 13.8 Å². The first kappa shape index (κ1) is 13.1. The van der Waals surface area contributed by atoms with E-state index in [9.17, 15) is 4.79 Å². The maximum Gasteiger partial charge on any atom is 0.169 e. The van der Waals surface area contributed by atoms with Gasteiger partial charge in [-0.25, -0.2) is 0 Å². The standard InChI is InChI=1S/C15H20O3/c1-4-7-17-15-12(16)9-14(15)18-13-6-5-10(2)8-11(13)3/h5-6,8,14-15H,4,7,9H2,1-3H3. The Kier molecular flexibility index (Phi) is 4.02. The fourth-order valence-corrected chi connectivity index (χ4v) is 2.11. The Hall–Kier alpha value is -1.35. The highest BCUT2D eigenvalue weighted by Crippen LogP contribution is 2.28. The van der Waals surface area contributed by atoms with E-state index in [1.54, 1.807) is 0 Å². The third kappa shape index (κ3) is 2.72. The number of rotatable bonds is 5. The predicted molar refractivity (Wildman–Crippen MR) is 70.0 cm³/mol. The van der Waals surface area contributed by atoms with Crippen molar-refractivity contribution in [2.45, 2.75) is 45.8 Å². The van der Waals surface area contributed by atoms with Gasteiger partial charge in [0, 0.05) is 13.0 Å². The predicted octanol–water partition coefficient (Wildman–Crippen LogP) is 2.82. The number of carbonyl (C=O) groups excluding carboxylic acids is 1. The summed E-state index contributed by atoms with van der Waals surface area (Å²) in [6.45, 7) is 6.72. The molecule has 2 atom stereocenters. The molecule has 1 aliphatic rings. The van der Waals surface area contributed by atoms with Crippen LogP contribution in [0.25, 0.3) is 0 Å². The van der Waals surface area contributed by atoms with Crippen LogP contribution in [0.4, 0.5) is 0 Å². The van der Waals surface area contributed by atoms with E-state index in [2.05, 4.69) is 13.0 Å². The Morgan fingerprint density at radius 3 is 2.72 bits per heavy atom. The number of ether oxygens (including phenoxy) is 2. The van der Waals surface area contributed by atoms with E-state index >= 15 is 0 Å². The average molecular weight is 248 g/mol. The lowest BCUT2D eigenvalue weighted by Crippen LogP contribution is -2.52. The molecule has 0 aliphatic heterocycles. The minimum Gasteiger partial charge on any atom is -0.486 e. The normalized spacial score (nSPS) is 22.7. The molecule has 0 N–H and O–H groups in total. The molecule has 1 saturated carbocycles. The zero-order valence-electron chi connectivity index (χ0n) is 11.2. The molecule has 98 valence electrons. The number of Topliss-reactive ketones (excluding diaryl/α,β-unsaturated/α-hetero) is 1. The van der Waals surface area contributed by atoms with Gasteiger partial charge < -0.3 is 9.47 Å². The molecule has 2 unspecified atom stereocenters. The van der Waals surface area contributed by atoms with Crippen LogP contribution in [0.1, 0.15) is 30.9 Å². The monoisotopic (exact) mass is 248 g/mol. The molecule has 3 nitrogen and oxygen atoms in total. The molecule has 0 heterocycles. The van der Waals surface area contributed by atoms with Crippen molar-refractivity contribution in [2.75, 3.05) is 6.61 Å². The van der Waals surface area contributed by atoms with E-state index < -0.39 is 0 Å². The topological polar surface area (TPSA) is 35.5 Å². The summed E-state index contributed by atoms with van der Waals surface area (Å²) < 4.78 is 11.4. The number of aryl methyl sites for hydroxylation is 2. The summed E-state index contributed by atoms with van der Waals surface area (Å²) in [5, 5.41) is 0. The zero-order valence-corrected chi connectivity index (χ0v) is 11.2. The van der Waals surface area contributed by atoms with Crippen molar-refractivity contribution in [3.05, 3.63) is 29.3 Å². The molecule has 0 radical (unpaired) electrons. The fourth-order valence-electron chi connectivity index (χ4n) is 2.11. The van der Waals surface area contributed by atoms with Gasteiger partial charge in [-0.2, -0.15) is 0 Å². The van der Waals surface area contributed by atoms with Crippen LogP contribution in [-0.4, -0.2) is 24.6 Å². The highest BCUT2D eigenvalue weighted by Gasteiger charge is 2.42. The molecular formula is C15H20O3. The second-order valence-corrected chi connectivity index (χ2v) is 4.89. The van der Waals surface area contributed by atoms with Gasteiger partial charge in [-0.1, -0.05) is 24.6 Å². The summed E-state index contributed by atoms with van der Waals surface area (Å²) in [5.41, 5.74) is 2.31. The van der Waals surface area contributed by atoms with Crippen LogP contribution in [0.3, 0.4) is 0 Å². The molecule has 0 saturated heterocycles. The minimum absolute atomic E-state index is 0.120. The number of carbonyl (C=O) groups is 1. The van der Waals surface area contributed by atoms with Gasteiger partial charge in [0.2, 0.25) is 0 Å². The van der Waals surface area contributed by atoms with E-state index in [4.69, 9.17) is 9.47 Å². The van der Waals surface area contributed by atoms with Crippen LogP contribution in [0.2, 0.25) is 0 Å². The second-order valence-electron chi connectivity index (χ2n) is 4.89. The lowest BCUT2D eigenvalue weighted by Gasteiger charge is -2.35. The van der Waals surface area contributed by atoms with Crippen molar-refractivity contribution < 1.29 is 14.3 Å². The van der Waals surface area contributed by atoms with Crippen molar-refractivity contribution in [1.29, 1.82) is 0 Å². The van der Waals surface area contributed by atoms with Gasteiger partial charge in [0.25, 0.3) is 0 Å². The summed E-state index contributed by atoms with van der Waals surface area (Å²) in [5.74, 6) is 1.00.